The van der Waals surface area contributed by atoms with Crippen molar-refractivity contribution >= 4 is 5.69 Å². The first-order chi connectivity index (χ1) is 6.83. The molecular weight excluding hydrogens is 172 g/mol. The number of hydrogen-bond acceptors (Lipinski definition) is 2. The largest absolute Gasteiger partial charge is 0.385 e. The van der Waals surface area contributed by atoms with Gasteiger partial charge in [0.15, 0.2) is 0 Å². The maximum atomic E-state index is 5.91. The molecule has 78 valence electrons. The van der Waals surface area contributed by atoms with Crippen LogP contribution in [0.4, 0.5) is 5.69 Å². The van der Waals surface area contributed by atoms with Crippen LogP contribution in [0, 0.1) is 0 Å². The van der Waals surface area contributed by atoms with Crippen molar-refractivity contribution in [3.63, 3.8) is 0 Å². The van der Waals surface area contributed by atoms with E-state index in [4.69, 9.17) is 5.73 Å². The number of anilines is 1. The number of hydrogen-bond donors (Lipinski definition) is 2. The van der Waals surface area contributed by atoms with Crippen LogP contribution in [0.25, 0.3) is 0 Å². The summed E-state index contributed by atoms with van der Waals surface area (Å²) in [5, 5.41) is 3.35. The van der Waals surface area contributed by atoms with Gasteiger partial charge in [-0.25, -0.2) is 0 Å². The first-order valence-corrected chi connectivity index (χ1v) is 5.37. The van der Waals surface area contributed by atoms with Gasteiger partial charge in [0, 0.05) is 18.3 Å². The van der Waals surface area contributed by atoms with Crippen molar-refractivity contribution in [2.24, 2.45) is 5.73 Å². The van der Waals surface area contributed by atoms with E-state index < -0.39 is 0 Å². The fourth-order valence-electron chi connectivity index (χ4n) is 1.47. The van der Waals surface area contributed by atoms with E-state index in [1.807, 2.05) is 18.2 Å². The predicted octanol–water partition coefficient (Wildman–Crippen LogP) is 2.62. The van der Waals surface area contributed by atoms with Crippen LogP contribution in [0.3, 0.4) is 0 Å². The fourth-order valence-corrected chi connectivity index (χ4v) is 1.47. The van der Waals surface area contributed by atoms with Gasteiger partial charge in [-0.05, 0) is 25.0 Å². The molecule has 2 heteroatoms. The van der Waals surface area contributed by atoms with Gasteiger partial charge in [-0.3, -0.25) is 0 Å². The zero-order valence-corrected chi connectivity index (χ0v) is 8.87. The minimum atomic E-state index is 0.344. The number of benzene rings is 1. The van der Waals surface area contributed by atoms with Gasteiger partial charge in [-0.1, -0.05) is 31.5 Å². The molecule has 1 aromatic carbocycles. The molecule has 0 spiro atoms. The molecule has 0 saturated carbocycles. The van der Waals surface area contributed by atoms with Gasteiger partial charge >= 0.3 is 0 Å². The van der Waals surface area contributed by atoms with Crippen LogP contribution in [0.2, 0.25) is 0 Å². The highest BCUT2D eigenvalue weighted by molar-refractivity contribution is 5.42. The number of nitrogens with two attached hydrogens (primary N) is 1. The van der Waals surface area contributed by atoms with Gasteiger partial charge in [-0.15, -0.1) is 0 Å². The van der Waals surface area contributed by atoms with Crippen LogP contribution >= 0.6 is 0 Å². The molecule has 1 unspecified atom stereocenters. The molecule has 3 N–H and O–H groups in total. The van der Waals surface area contributed by atoms with E-state index in [1.54, 1.807) is 0 Å². The maximum Gasteiger partial charge on any atom is 0.0340 e. The number of para-hydroxylation sites is 1. The third-order valence-corrected chi connectivity index (χ3v) is 2.28. The topological polar surface area (TPSA) is 38.0 Å². The van der Waals surface area contributed by atoms with E-state index in [1.165, 1.54) is 12.1 Å². The Bertz CT molecular complexity index is 233. The average molecular weight is 192 g/mol. The highest BCUT2D eigenvalue weighted by Gasteiger charge is 1.99. The summed E-state index contributed by atoms with van der Waals surface area (Å²) in [4.78, 5) is 0. The third-order valence-electron chi connectivity index (χ3n) is 2.28. The van der Waals surface area contributed by atoms with Crippen molar-refractivity contribution in [1.29, 1.82) is 0 Å². The Morgan fingerprint density at radius 3 is 2.57 bits per heavy atom. The number of nitrogens with one attached hydrogen (secondary N) is 1. The lowest BCUT2D eigenvalue weighted by Crippen LogP contribution is -2.22. The second-order valence-corrected chi connectivity index (χ2v) is 3.63. The highest BCUT2D eigenvalue weighted by Crippen LogP contribution is 2.05. The second-order valence-electron chi connectivity index (χ2n) is 3.63. The van der Waals surface area contributed by atoms with Crippen molar-refractivity contribution < 1.29 is 0 Å². The summed E-state index contributed by atoms with van der Waals surface area (Å²) in [6.45, 7) is 3.13. The Hall–Kier alpha value is -1.02. The molecule has 14 heavy (non-hydrogen) atoms. The van der Waals surface area contributed by atoms with Crippen molar-refractivity contribution in [2.45, 2.75) is 32.2 Å². The van der Waals surface area contributed by atoms with Crippen LogP contribution in [-0.4, -0.2) is 12.6 Å². The second kappa shape index (κ2) is 6.44. The smallest absolute Gasteiger partial charge is 0.0340 e. The summed E-state index contributed by atoms with van der Waals surface area (Å²) in [6, 6.07) is 10.6. The zero-order chi connectivity index (χ0) is 10.2. The minimum absolute atomic E-state index is 0.344. The summed E-state index contributed by atoms with van der Waals surface area (Å²) < 4.78 is 0. The van der Waals surface area contributed by atoms with E-state index in [2.05, 4.69) is 24.4 Å². The molecule has 1 aromatic rings. The van der Waals surface area contributed by atoms with Gasteiger partial charge in [0.05, 0.1) is 0 Å². The fraction of sp³-hybridized carbons (Fsp3) is 0.500. The molecule has 0 fully saturated rings. The van der Waals surface area contributed by atoms with Crippen LogP contribution in [-0.2, 0) is 0 Å². The van der Waals surface area contributed by atoms with E-state index in [0.29, 0.717) is 6.04 Å². The predicted molar refractivity (Wildman–Crippen MR) is 62.4 cm³/mol. The molecule has 2 nitrogen and oxygen atoms in total. The lowest BCUT2D eigenvalue weighted by Gasteiger charge is -2.11. The lowest BCUT2D eigenvalue weighted by molar-refractivity contribution is 0.575. The molecule has 0 radical (unpaired) electrons. The summed E-state index contributed by atoms with van der Waals surface area (Å²) in [7, 11) is 0. The van der Waals surface area contributed by atoms with Gasteiger partial charge in [0.25, 0.3) is 0 Å². The third kappa shape index (κ3) is 4.28. The summed E-state index contributed by atoms with van der Waals surface area (Å²) in [6.07, 6.45) is 3.34. The van der Waals surface area contributed by atoms with Gasteiger partial charge in [0.2, 0.25) is 0 Å². The van der Waals surface area contributed by atoms with E-state index in [9.17, 15) is 0 Å². The monoisotopic (exact) mass is 192 g/mol. The van der Waals surface area contributed by atoms with Crippen molar-refractivity contribution in [3.8, 4) is 0 Å². The van der Waals surface area contributed by atoms with Crippen LogP contribution in [0.5, 0.6) is 0 Å². The Labute approximate surface area is 86.5 Å². The van der Waals surface area contributed by atoms with Crippen molar-refractivity contribution in [1.82, 2.24) is 0 Å². The average Bonchev–Trinajstić information content (AvgIpc) is 2.20. The molecule has 0 aliphatic rings. The molecule has 0 saturated heterocycles. The molecule has 1 atom stereocenters. The Balaban J connectivity index is 2.16. The Morgan fingerprint density at radius 1 is 1.21 bits per heavy atom. The lowest BCUT2D eigenvalue weighted by atomic mass is 10.1. The van der Waals surface area contributed by atoms with Crippen LogP contribution < -0.4 is 11.1 Å². The highest BCUT2D eigenvalue weighted by atomic mass is 14.9. The van der Waals surface area contributed by atoms with Gasteiger partial charge in [-0.2, -0.15) is 0 Å². The number of rotatable bonds is 6. The molecule has 0 aliphatic heterocycles. The Kier molecular flexibility index (Phi) is 5.08. The summed E-state index contributed by atoms with van der Waals surface area (Å²) >= 11 is 0. The van der Waals surface area contributed by atoms with E-state index >= 15 is 0 Å². The molecule has 1 rings (SSSR count). The van der Waals surface area contributed by atoms with Crippen LogP contribution in [0.1, 0.15) is 26.2 Å². The quantitative estimate of drug-likeness (QED) is 0.727. The van der Waals surface area contributed by atoms with Crippen molar-refractivity contribution in [2.75, 3.05) is 11.9 Å². The molecule has 0 aromatic heterocycles. The normalized spacial score (nSPS) is 12.4. The van der Waals surface area contributed by atoms with Gasteiger partial charge < -0.3 is 11.1 Å². The van der Waals surface area contributed by atoms with Crippen LogP contribution in [0.15, 0.2) is 30.3 Å². The first-order valence-electron chi connectivity index (χ1n) is 5.37. The van der Waals surface area contributed by atoms with E-state index in [-0.39, 0.29) is 0 Å². The molecular formula is C12H20N2. The standard InChI is InChI=1S/C12H20N2/c1-2-6-11(13)9-10-14-12-7-4-3-5-8-12/h3-5,7-8,11,14H,2,6,9-10,13H2,1H3. The zero-order valence-electron chi connectivity index (χ0n) is 8.87. The molecule has 0 aliphatic carbocycles. The Morgan fingerprint density at radius 2 is 1.93 bits per heavy atom. The summed E-state index contributed by atoms with van der Waals surface area (Å²) in [5.41, 5.74) is 7.09. The van der Waals surface area contributed by atoms with E-state index in [0.717, 1.165) is 19.4 Å². The minimum Gasteiger partial charge on any atom is -0.385 e. The van der Waals surface area contributed by atoms with Crippen molar-refractivity contribution in [3.05, 3.63) is 30.3 Å². The SMILES string of the molecule is CCCC(N)CCNc1ccccc1. The van der Waals surface area contributed by atoms with Gasteiger partial charge in [0.1, 0.15) is 0 Å². The molecule has 0 bridgehead atoms. The first kappa shape index (κ1) is 11.1. The molecule has 0 heterocycles. The molecule has 0 amide bonds. The summed E-state index contributed by atoms with van der Waals surface area (Å²) in [5.74, 6) is 0. The maximum absolute atomic E-state index is 5.91.